The lowest BCUT2D eigenvalue weighted by molar-refractivity contribution is 0.341. The molecule has 5 N–H and O–H groups in total. The summed E-state index contributed by atoms with van der Waals surface area (Å²) in [5.41, 5.74) is -0.184. The van der Waals surface area contributed by atoms with Crippen LogP contribution in [0.4, 0.5) is 0 Å². The molecule has 0 bridgehead atoms. The first-order valence-corrected chi connectivity index (χ1v) is 9.57. The van der Waals surface area contributed by atoms with Crippen LogP contribution < -0.4 is 16.4 Å². The molecular weight excluding hydrogens is 357 g/mol. The summed E-state index contributed by atoms with van der Waals surface area (Å²) in [6, 6.07) is 13.5. The molecule has 1 unspecified atom stereocenters. The summed E-state index contributed by atoms with van der Waals surface area (Å²) < 4.78 is 12.2. The Morgan fingerprint density at radius 2 is 1.62 bits per heavy atom. The topological polar surface area (TPSA) is 135 Å². The Morgan fingerprint density at radius 1 is 0.962 bits per heavy atom. The van der Waals surface area contributed by atoms with Crippen LogP contribution >= 0.6 is 7.60 Å². The Labute approximate surface area is 148 Å². The first kappa shape index (κ1) is 18.3. The third-order valence-corrected chi connectivity index (χ3v) is 5.23. The number of rotatable bonds is 5. The van der Waals surface area contributed by atoms with Crippen molar-refractivity contribution in [2.24, 2.45) is 0 Å². The second kappa shape index (κ2) is 7.01. The highest BCUT2D eigenvalue weighted by Crippen LogP contribution is 2.51. The van der Waals surface area contributed by atoms with E-state index in [4.69, 9.17) is 0 Å². The SMILES string of the molecule is C[C@@H](NC(c1cccc2[nH]c(=O)c(=O)[nH]c12)P(=O)(O)O)c1ccccc1. The number of hydrogen-bond acceptors (Lipinski definition) is 4. The van der Waals surface area contributed by atoms with E-state index in [1.807, 2.05) is 30.3 Å². The predicted molar refractivity (Wildman–Crippen MR) is 98.0 cm³/mol. The molecule has 0 aliphatic heterocycles. The molecule has 0 fully saturated rings. The van der Waals surface area contributed by atoms with E-state index in [2.05, 4.69) is 15.3 Å². The van der Waals surface area contributed by atoms with Gasteiger partial charge in [-0.3, -0.25) is 19.5 Å². The normalized spacial score (nSPS) is 14.3. The minimum absolute atomic E-state index is 0.179. The van der Waals surface area contributed by atoms with Gasteiger partial charge in [0.15, 0.2) is 0 Å². The molecule has 1 heterocycles. The molecule has 0 aliphatic carbocycles. The van der Waals surface area contributed by atoms with E-state index < -0.39 is 24.5 Å². The molecule has 9 heteroatoms. The number of aromatic nitrogens is 2. The minimum Gasteiger partial charge on any atom is -0.323 e. The maximum Gasteiger partial charge on any atom is 0.346 e. The molecule has 8 nitrogen and oxygen atoms in total. The van der Waals surface area contributed by atoms with E-state index in [9.17, 15) is 23.9 Å². The van der Waals surface area contributed by atoms with Gasteiger partial charge < -0.3 is 19.8 Å². The first-order chi connectivity index (χ1) is 12.3. The highest BCUT2D eigenvalue weighted by molar-refractivity contribution is 7.52. The highest BCUT2D eigenvalue weighted by Gasteiger charge is 2.33. The average Bonchev–Trinajstić information content (AvgIpc) is 2.60. The van der Waals surface area contributed by atoms with Crippen LogP contribution in [0.2, 0.25) is 0 Å². The maximum atomic E-state index is 12.2. The van der Waals surface area contributed by atoms with Gasteiger partial charge in [0.2, 0.25) is 0 Å². The number of para-hydroxylation sites is 1. The minimum atomic E-state index is -4.63. The van der Waals surface area contributed by atoms with Crippen LogP contribution in [0.5, 0.6) is 0 Å². The van der Waals surface area contributed by atoms with Gasteiger partial charge >= 0.3 is 18.7 Å². The molecule has 26 heavy (non-hydrogen) atoms. The summed E-state index contributed by atoms with van der Waals surface area (Å²) in [4.78, 5) is 47.8. The first-order valence-electron chi connectivity index (χ1n) is 7.89. The van der Waals surface area contributed by atoms with Crippen LogP contribution in [0, 0.1) is 0 Å². The largest absolute Gasteiger partial charge is 0.346 e. The zero-order chi connectivity index (χ0) is 18.9. The molecule has 0 saturated heterocycles. The smallest absolute Gasteiger partial charge is 0.323 e. The van der Waals surface area contributed by atoms with Gasteiger partial charge in [-0.05, 0) is 18.6 Å². The zero-order valence-corrected chi connectivity index (χ0v) is 14.7. The lowest BCUT2D eigenvalue weighted by Crippen LogP contribution is -2.30. The lowest BCUT2D eigenvalue weighted by atomic mass is 10.1. The summed E-state index contributed by atoms with van der Waals surface area (Å²) in [5, 5.41) is 2.94. The molecule has 0 spiro atoms. The number of nitrogens with one attached hydrogen (secondary N) is 3. The Balaban J connectivity index is 2.11. The van der Waals surface area contributed by atoms with Crippen molar-refractivity contribution in [3.63, 3.8) is 0 Å². The van der Waals surface area contributed by atoms with Gasteiger partial charge in [-0.25, -0.2) is 0 Å². The van der Waals surface area contributed by atoms with Crippen molar-refractivity contribution >= 4 is 18.6 Å². The van der Waals surface area contributed by atoms with Gasteiger partial charge in [0.25, 0.3) is 0 Å². The van der Waals surface area contributed by atoms with Crippen LogP contribution in [-0.2, 0) is 4.57 Å². The summed E-state index contributed by atoms with van der Waals surface area (Å²) in [5.74, 6) is -1.36. The summed E-state index contributed by atoms with van der Waals surface area (Å²) in [7, 11) is -4.63. The predicted octanol–water partition coefficient (Wildman–Crippen LogP) is 1.74. The summed E-state index contributed by atoms with van der Waals surface area (Å²) >= 11 is 0. The molecule has 2 aromatic carbocycles. The molecule has 3 aromatic rings. The fraction of sp³-hybridized carbons (Fsp3) is 0.176. The van der Waals surface area contributed by atoms with E-state index in [1.165, 1.54) is 6.07 Å². The van der Waals surface area contributed by atoms with E-state index >= 15 is 0 Å². The van der Waals surface area contributed by atoms with Crippen LogP contribution in [0.15, 0.2) is 58.1 Å². The van der Waals surface area contributed by atoms with Gasteiger partial charge in [0.05, 0.1) is 11.0 Å². The lowest BCUT2D eigenvalue weighted by Gasteiger charge is -2.25. The standard InChI is InChI=1S/C17H18N3O5P/c1-10(11-6-3-2-4-7-11)18-17(26(23,24)25)12-8-5-9-13-14(12)20-16(22)15(21)19-13/h2-10,17-18H,1H3,(H,19,21)(H,20,22)(H2,23,24,25)/t10-,17?/m1/s1. The van der Waals surface area contributed by atoms with Crippen molar-refractivity contribution in [2.45, 2.75) is 18.7 Å². The zero-order valence-electron chi connectivity index (χ0n) is 13.8. The number of H-pyrrole nitrogens is 2. The van der Waals surface area contributed by atoms with E-state index in [-0.39, 0.29) is 17.1 Å². The van der Waals surface area contributed by atoms with Crippen molar-refractivity contribution in [3.8, 4) is 0 Å². The molecule has 0 saturated carbocycles. The van der Waals surface area contributed by atoms with Gasteiger partial charge in [-0.2, -0.15) is 0 Å². The number of benzene rings is 2. The molecule has 0 aliphatic rings. The Morgan fingerprint density at radius 3 is 2.27 bits per heavy atom. The Bertz CT molecular complexity index is 1090. The second-order valence-electron chi connectivity index (χ2n) is 5.97. The van der Waals surface area contributed by atoms with Gasteiger partial charge in [-0.1, -0.05) is 42.5 Å². The van der Waals surface area contributed by atoms with Crippen molar-refractivity contribution in [3.05, 3.63) is 80.4 Å². The number of fused-ring (bicyclic) bond motifs is 1. The van der Waals surface area contributed by atoms with Gasteiger partial charge in [-0.15, -0.1) is 0 Å². The Kier molecular flexibility index (Phi) is 4.93. The summed E-state index contributed by atoms with van der Waals surface area (Å²) in [6.07, 6.45) is 0. The van der Waals surface area contributed by atoms with Crippen LogP contribution in [0.1, 0.15) is 29.9 Å². The second-order valence-corrected chi connectivity index (χ2v) is 7.66. The van der Waals surface area contributed by atoms with Crippen LogP contribution in [-0.4, -0.2) is 19.8 Å². The highest BCUT2D eigenvalue weighted by atomic mass is 31.2. The molecule has 0 amide bonds. The van der Waals surface area contributed by atoms with Gasteiger partial charge in [0.1, 0.15) is 5.78 Å². The van der Waals surface area contributed by atoms with E-state index in [1.54, 1.807) is 19.1 Å². The fourth-order valence-corrected chi connectivity index (χ4v) is 3.83. The third kappa shape index (κ3) is 3.68. The summed E-state index contributed by atoms with van der Waals surface area (Å²) in [6.45, 7) is 1.79. The number of aromatic amines is 2. The monoisotopic (exact) mass is 375 g/mol. The number of hydrogen-bond donors (Lipinski definition) is 5. The average molecular weight is 375 g/mol. The Hall–Kier alpha value is -2.51. The van der Waals surface area contributed by atoms with Crippen molar-refractivity contribution in [2.75, 3.05) is 0 Å². The molecule has 0 radical (unpaired) electrons. The van der Waals surface area contributed by atoms with Crippen molar-refractivity contribution < 1.29 is 14.4 Å². The molecular formula is C17H18N3O5P. The quantitative estimate of drug-likeness (QED) is 0.341. The van der Waals surface area contributed by atoms with Crippen molar-refractivity contribution in [1.29, 1.82) is 0 Å². The fourth-order valence-electron chi connectivity index (χ4n) is 2.83. The third-order valence-electron chi connectivity index (χ3n) is 4.13. The molecule has 1 aromatic heterocycles. The van der Waals surface area contributed by atoms with Crippen molar-refractivity contribution in [1.82, 2.24) is 15.3 Å². The van der Waals surface area contributed by atoms with Gasteiger partial charge in [0, 0.05) is 11.6 Å². The van der Waals surface area contributed by atoms with Crippen LogP contribution in [0.25, 0.3) is 11.0 Å². The maximum absolute atomic E-state index is 12.2. The molecule has 3 rings (SSSR count). The molecule has 136 valence electrons. The van der Waals surface area contributed by atoms with E-state index in [0.29, 0.717) is 5.52 Å². The molecule has 2 atom stereocenters. The van der Waals surface area contributed by atoms with Crippen LogP contribution in [0.3, 0.4) is 0 Å². The van der Waals surface area contributed by atoms with E-state index in [0.717, 1.165) is 5.56 Å².